The zero-order chi connectivity index (χ0) is 14.9. The van der Waals surface area contributed by atoms with Crippen LogP contribution in [-0.4, -0.2) is 6.54 Å². The maximum Gasteiger partial charge on any atom is 0.0109 e. The molecule has 0 unspecified atom stereocenters. The lowest BCUT2D eigenvalue weighted by molar-refractivity contribution is 0.583. The van der Waals surface area contributed by atoms with E-state index < -0.39 is 0 Å². The second-order valence-electron chi connectivity index (χ2n) is 6.13. The van der Waals surface area contributed by atoms with Crippen molar-refractivity contribution in [2.24, 2.45) is 5.73 Å². The number of hydrogen-bond acceptors (Lipinski definition) is 1. The van der Waals surface area contributed by atoms with E-state index in [2.05, 4.69) is 19.9 Å². The van der Waals surface area contributed by atoms with Crippen LogP contribution in [0.5, 0.6) is 0 Å². The summed E-state index contributed by atoms with van der Waals surface area (Å²) < 4.78 is 0. The third kappa shape index (κ3) is 14.1. The highest BCUT2D eigenvalue weighted by atomic mass is 14.5. The third-order valence-electron chi connectivity index (χ3n) is 4.11. The van der Waals surface area contributed by atoms with E-state index in [0.29, 0.717) is 0 Å². The largest absolute Gasteiger partial charge is 0.327 e. The highest BCUT2D eigenvalue weighted by molar-refractivity contribution is 5.02. The van der Waals surface area contributed by atoms with Gasteiger partial charge in [0.1, 0.15) is 0 Å². The van der Waals surface area contributed by atoms with Crippen LogP contribution in [0.25, 0.3) is 0 Å². The molecule has 0 fully saturated rings. The van der Waals surface area contributed by atoms with Gasteiger partial charge < -0.3 is 5.73 Å². The fourth-order valence-electron chi connectivity index (χ4n) is 2.76. The minimum absolute atomic E-state index is 0.723. The normalized spacial score (nSPS) is 10.8. The average molecular weight is 282 g/mol. The van der Waals surface area contributed by atoms with E-state index in [9.17, 15) is 0 Å². The van der Waals surface area contributed by atoms with Gasteiger partial charge in [0, 0.05) is 6.54 Å². The molecule has 0 aliphatic carbocycles. The molecule has 0 aromatic rings. The predicted octanol–water partition coefficient (Wildman–Crippen LogP) is 6.37. The molecular weight excluding hydrogens is 242 g/mol. The highest BCUT2D eigenvalue weighted by Crippen LogP contribution is 2.18. The van der Waals surface area contributed by atoms with Crippen LogP contribution < -0.4 is 5.73 Å². The molecule has 0 aromatic heterocycles. The van der Waals surface area contributed by atoms with Crippen molar-refractivity contribution >= 4 is 0 Å². The van der Waals surface area contributed by atoms with Crippen LogP contribution in [0, 0.1) is 0 Å². The molecule has 0 rings (SSSR count). The van der Waals surface area contributed by atoms with Gasteiger partial charge in [-0.3, -0.25) is 0 Å². The van der Waals surface area contributed by atoms with E-state index in [0.717, 1.165) is 6.54 Å². The monoisotopic (exact) mass is 281 g/mol. The number of nitrogens with two attached hydrogens (primary N) is 1. The van der Waals surface area contributed by atoms with Gasteiger partial charge >= 0.3 is 0 Å². The highest BCUT2D eigenvalue weighted by Gasteiger charge is 1.99. The molecule has 2 N–H and O–H groups in total. The van der Waals surface area contributed by atoms with Crippen LogP contribution in [-0.2, 0) is 0 Å². The fraction of sp³-hybridized carbons (Fsp3) is 0.895. The predicted molar refractivity (Wildman–Crippen MR) is 93.1 cm³/mol. The van der Waals surface area contributed by atoms with Crippen molar-refractivity contribution < 1.29 is 0 Å². The molecule has 120 valence electrons. The molecule has 0 spiro atoms. The topological polar surface area (TPSA) is 26.0 Å². The summed E-state index contributed by atoms with van der Waals surface area (Å²) in [5.41, 5.74) is 7.32. The SMILES string of the molecule is CCCCCCCCC(=CCN)CCCCCCCC. The van der Waals surface area contributed by atoms with Crippen molar-refractivity contribution in [1.82, 2.24) is 0 Å². The Morgan fingerprint density at radius 3 is 1.45 bits per heavy atom. The van der Waals surface area contributed by atoms with Gasteiger partial charge in [-0.05, 0) is 25.7 Å². The molecule has 0 saturated heterocycles. The number of unbranched alkanes of at least 4 members (excludes halogenated alkanes) is 10. The van der Waals surface area contributed by atoms with Crippen molar-refractivity contribution in [2.75, 3.05) is 6.54 Å². The summed E-state index contributed by atoms with van der Waals surface area (Å²) >= 11 is 0. The molecule has 0 atom stereocenters. The molecule has 0 aliphatic heterocycles. The van der Waals surface area contributed by atoms with Gasteiger partial charge in [-0.1, -0.05) is 89.7 Å². The maximum absolute atomic E-state index is 5.69. The molecule has 1 nitrogen and oxygen atoms in total. The third-order valence-corrected chi connectivity index (χ3v) is 4.11. The van der Waals surface area contributed by atoms with E-state index in [4.69, 9.17) is 5.73 Å². The number of hydrogen-bond donors (Lipinski definition) is 1. The van der Waals surface area contributed by atoms with Gasteiger partial charge in [-0.2, -0.15) is 0 Å². The zero-order valence-electron chi connectivity index (χ0n) is 14.3. The van der Waals surface area contributed by atoms with Crippen LogP contribution in [0.4, 0.5) is 0 Å². The minimum Gasteiger partial charge on any atom is -0.327 e. The Morgan fingerprint density at radius 1 is 0.650 bits per heavy atom. The first-order chi connectivity index (χ1) is 9.85. The molecular formula is C19H39N. The Morgan fingerprint density at radius 2 is 1.05 bits per heavy atom. The van der Waals surface area contributed by atoms with E-state index in [1.54, 1.807) is 5.57 Å². The summed E-state index contributed by atoms with van der Waals surface area (Å²) in [4.78, 5) is 0. The molecule has 0 radical (unpaired) electrons. The average Bonchev–Trinajstić information content (AvgIpc) is 2.46. The Labute approximate surface area is 128 Å². The van der Waals surface area contributed by atoms with Gasteiger partial charge in [0.2, 0.25) is 0 Å². The summed E-state index contributed by atoms with van der Waals surface area (Å²) in [6.45, 7) is 5.28. The van der Waals surface area contributed by atoms with Crippen molar-refractivity contribution in [3.8, 4) is 0 Å². The van der Waals surface area contributed by atoms with Gasteiger partial charge in [-0.15, -0.1) is 0 Å². The summed E-state index contributed by atoms with van der Waals surface area (Å²) in [5, 5.41) is 0. The first-order valence-electron chi connectivity index (χ1n) is 9.23. The number of allylic oxidation sites excluding steroid dienone is 1. The van der Waals surface area contributed by atoms with Gasteiger partial charge in [0.05, 0.1) is 0 Å². The van der Waals surface area contributed by atoms with E-state index in [-0.39, 0.29) is 0 Å². The Hall–Kier alpha value is -0.300. The Kier molecular flexibility index (Phi) is 16.5. The second kappa shape index (κ2) is 16.8. The summed E-state index contributed by atoms with van der Waals surface area (Å²) in [6, 6.07) is 0. The van der Waals surface area contributed by atoms with Crippen LogP contribution in [0.15, 0.2) is 11.6 Å². The van der Waals surface area contributed by atoms with Crippen LogP contribution >= 0.6 is 0 Å². The van der Waals surface area contributed by atoms with Crippen LogP contribution in [0.1, 0.15) is 104 Å². The molecule has 0 bridgehead atoms. The van der Waals surface area contributed by atoms with E-state index in [1.807, 2.05) is 0 Å². The first kappa shape index (κ1) is 19.7. The molecule has 0 aliphatic rings. The molecule has 0 aromatic carbocycles. The Balaban J connectivity index is 3.54. The van der Waals surface area contributed by atoms with Crippen LogP contribution in [0.3, 0.4) is 0 Å². The lowest BCUT2D eigenvalue weighted by Gasteiger charge is -2.08. The van der Waals surface area contributed by atoms with E-state index in [1.165, 1.54) is 89.9 Å². The van der Waals surface area contributed by atoms with Crippen molar-refractivity contribution in [3.63, 3.8) is 0 Å². The lowest BCUT2D eigenvalue weighted by atomic mass is 9.99. The minimum atomic E-state index is 0.723. The standard InChI is InChI=1S/C19H39N/c1-3-5-7-9-11-13-15-19(17-18-20)16-14-12-10-8-6-4-2/h17H,3-16,18,20H2,1-2H3. The fourth-order valence-corrected chi connectivity index (χ4v) is 2.76. The molecule has 0 saturated carbocycles. The molecule has 1 heteroatoms. The summed E-state index contributed by atoms with van der Waals surface area (Å²) in [5.74, 6) is 0. The van der Waals surface area contributed by atoms with Crippen molar-refractivity contribution in [1.29, 1.82) is 0 Å². The van der Waals surface area contributed by atoms with Crippen LogP contribution in [0.2, 0.25) is 0 Å². The molecule has 0 heterocycles. The molecule has 0 amide bonds. The van der Waals surface area contributed by atoms with Crippen molar-refractivity contribution in [3.05, 3.63) is 11.6 Å². The summed E-state index contributed by atoms with van der Waals surface area (Å²) in [7, 11) is 0. The quantitative estimate of drug-likeness (QED) is 0.274. The molecule has 20 heavy (non-hydrogen) atoms. The maximum atomic E-state index is 5.69. The summed E-state index contributed by atoms with van der Waals surface area (Å²) in [6.07, 6.45) is 21.6. The Bertz CT molecular complexity index is 190. The van der Waals surface area contributed by atoms with E-state index >= 15 is 0 Å². The smallest absolute Gasteiger partial charge is 0.0109 e. The van der Waals surface area contributed by atoms with Gasteiger partial charge in [-0.25, -0.2) is 0 Å². The first-order valence-corrected chi connectivity index (χ1v) is 9.23. The second-order valence-corrected chi connectivity index (χ2v) is 6.13. The lowest BCUT2D eigenvalue weighted by Crippen LogP contribution is -1.97. The van der Waals surface area contributed by atoms with Gasteiger partial charge in [0.25, 0.3) is 0 Å². The number of rotatable bonds is 15. The van der Waals surface area contributed by atoms with Gasteiger partial charge in [0.15, 0.2) is 0 Å². The zero-order valence-corrected chi connectivity index (χ0v) is 14.3. The van der Waals surface area contributed by atoms with Crippen molar-refractivity contribution in [2.45, 2.75) is 104 Å².